The molecule has 0 atom stereocenters. The number of carbonyl (C=O) groups is 2. The van der Waals surface area contributed by atoms with Crippen LogP contribution >= 0.6 is 0 Å². The number of imide groups is 1. The van der Waals surface area contributed by atoms with E-state index >= 15 is 0 Å². The molecule has 0 radical (unpaired) electrons. The summed E-state index contributed by atoms with van der Waals surface area (Å²) in [5.41, 5.74) is 0.763. The highest BCUT2D eigenvalue weighted by atomic mass is 16.5. The number of aromatic nitrogens is 4. The molecule has 0 spiro atoms. The summed E-state index contributed by atoms with van der Waals surface area (Å²) in [5, 5.41) is 15.4. The van der Waals surface area contributed by atoms with Gasteiger partial charge in [0.1, 0.15) is 12.1 Å². The van der Waals surface area contributed by atoms with Gasteiger partial charge in [0.25, 0.3) is 5.91 Å². The Morgan fingerprint density at radius 2 is 2.05 bits per heavy atom. The van der Waals surface area contributed by atoms with Crippen LogP contribution in [-0.2, 0) is 4.79 Å². The highest BCUT2D eigenvalue weighted by molar-refractivity contribution is 5.94. The molecule has 1 aromatic heterocycles. The molecule has 0 aliphatic rings. The van der Waals surface area contributed by atoms with Crippen molar-refractivity contribution >= 4 is 11.9 Å². The van der Waals surface area contributed by atoms with Gasteiger partial charge in [0, 0.05) is 6.54 Å². The van der Waals surface area contributed by atoms with Crippen LogP contribution in [0.4, 0.5) is 4.79 Å². The predicted octanol–water partition coefficient (Wildman–Crippen LogP) is -0.113. The van der Waals surface area contributed by atoms with Crippen molar-refractivity contribution in [2.24, 2.45) is 0 Å². The Bertz CT molecular complexity index is 596. The van der Waals surface area contributed by atoms with Gasteiger partial charge in [-0.3, -0.25) is 10.1 Å². The number of urea groups is 1. The Morgan fingerprint density at radius 1 is 1.29 bits per heavy atom. The minimum Gasteiger partial charge on any atom is -0.484 e. The fourth-order valence-electron chi connectivity index (χ4n) is 1.49. The highest BCUT2D eigenvalue weighted by Crippen LogP contribution is 2.13. The van der Waals surface area contributed by atoms with E-state index in [-0.39, 0.29) is 6.61 Å². The van der Waals surface area contributed by atoms with Crippen molar-refractivity contribution in [2.45, 2.75) is 6.92 Å². The first kappa shape index (κ1) is 14.4. The van der Waals surface area contributed by atoms with E-state index in [1.165, 1.54) is 11.0 Å². The normalized spacial score (nSPS) is 9.95. The van der Waals surface area contributed by atoms with Gasteiger partial charge in [0.2, 0.25) is 0 Å². The van der Waals surface area contributed by atoms with Gasteiger partial charge in [-0.1, -0.05) is 0 Å². The SMILES string of the molecule is CCNC(=O)NC(=O)COc1ccc(-n2cnnn2)cc1. The van der Waals surface area contributed by atoms with Crippen molar-refractivity contribution < 1.29 is 14.3 Å². The number of amides is 3. The van der Waals surface area contributed by atoms with Gasteiger partial charge >= 0.3 is 6.03 Å². The van der Waals surface area contributed by atoms with Crippen LogP contribution < -0.4 is 15.4 Å². The summed E-state index contributed by atoms with van der Waals surface area (Å²) in [4.78, 5) is 22.5. The van der Waals surface area contributed by atoms with E-state index in [1.54, 1.807) is 31.2 Å². The molecule has 0 saturated heterocycles. The molecule has 21 heavy (non-hydrogen) atoms. The maximum absolute atomic E-state index is 11.4. The molecule has 1 aromatic carbocycles. The number of nitrogens with zero attached hydrogens (tertiary/aromatic N) is 4. The molecule has 1 heterocycles. The van der Waals surface area contributed by atoms with Gasteiger partial charge in [0.05, 0.1) is 5.69 Å². The van der Waals surface area contributed by atoms with Crippen LogP contribution in [0.25, 0.3) is 5.69 Å². The molecule has 2 rings (SSSR count). The minimum atomic E-state index is -0.542. The van der Waals surface area contributed by atoms with E-state index in [2.05, 4.69) is 26.2 Å². The summed E-state index contributed by atoms with van der Waals surface area (Å²) >= 11 is 0. The number of nitrogens with one attached hydrogen (secondary N) is 2. The molecule has 0 saturated carbocycles. The second kappa shape index (κ2) is 6.98. The van der Waals surface area contributed by atoms with E-state index in [9.17, 15) is 9.59 Å². The first-order chi connectivity index (χ1) is 10.2. The molecule has 3 amide bonds. The lowest BCUT2D eigenvalue weighted by Crippen LogP contribution is -2.41. The molecule has 2 N–H and O–H groups in total. The van der Waals surface area contributed by atoms with Crippen LogP contribution in [0, 0.1) is 0 Å². The fourth-order valence-corrected chi connectivity index (χ4v) is 1.49. The predicted molar refractivity (Wildman–Crippen MR) is 71.9 cm³/mol. The van der Waals surface area contributed by atoms with Crippen molar-refractivity contribution in [3.05, 3.63) is 30.6 Å². The maximum atomic E-state index is 11.4. The van der Waals surface area contributed by atoms with Crippen LogP contribution in [0.2, 0.25) is 0 Å². The van der Waals surface area contributed by atoms with Gasteiger partial charge in [-0.15, -0.1) is 5.10 Å². The van der Waals surface area contributed by atoms with Crippen LogP contribution in [0.3, 0.4) is 0 Å². The largest absolute Gasteiger partial charge is 0.484 e. The van der Waals surface area contributed by atoms with Gasteiger partial charge in [0.15, 0.2) is 6.61 Å². The van der Waals surface area contributed by atoms with Crippen molar-refractivity contribution in [3.63, 3.8) is 0 Å². The van der Waals surface area contributed by atoms with Crippen molar-refractivity contribution in [3.8, 4) is 11.4 Å². The van der Waals surface area contributed by atoms with E-state index in [0.29, 0.717) is 12.3 Å². The summed E-state index contributed by atoms with van der Waals surface area (Å²) in [6.45, 7) is 1.95. The van der Waals surface area contributed by atoms with Crippen LogP contribution in [0.15, 0.2) is 30.6 Å². The second-order valence-electron chi connectivity index (χ2n) is 3.94. The fraction of sp³-hybridized carbons (Fsp3) is 0.250. The van der Waals surface area contributed by atoms with Crippen LogP contribution in [0.1, 0.15) is 6.92 Å². The maximum Gasteiger partial charge on any atom is 0.321 e. The molecule has 2 aromatic rings. The van der Waals surface area contributed by atoms with Crippen molar-refractivity contribution in [1.29, 1.82) is 0 Å². The zero-order valence-electron chi connectivity index (χ0n) is 11.3. The first-order valence-corrected chi connectivity index (χ1v) is 6.23. The third kappa shape index (κ3) is 4.27. The molecule has 0 bridgehead atoms. The Hall–Kier alpha value is -2.97. The van der Waals surface area contributed by atoms with Gasteiger partial charge in [-0.25, -0.2) is 9.48 Å². The topological polar surface area (TPSA) is 111 Å². The van der Waals surface area contributed by atoms with Crippen molar-refractivity contribution in [1.82, 2.24) is 30.8 Å². The monoisotopic (exact) mass is 290 g/mol. The zero-order chi connectivity index (χ0) is 15.1. The second-order valence-corrected chi connectivity index (χ2v) is 3.94. The van der Waals surface area contributed by atoms with Gasteiger partial charge in [-0.05, 0) is 41.6 Å². The lowest BCUT2D eigenvalue weighted by Gasteiger charge is -2.07. The van der Waals surface area contributed by atoms with Crippen LogP contribution in [-0.4, -0.2) is 45.3 Å². The quantitative estimate of drug-likeness (QED) is 0.794. The number of tetrazole rings is 1. The number of rotatable bonds is 5. The van der Waals surface area contributed by atoms with E-state index in [1.807, 2.05) is 0 Å². The van der Waals surface area contributed by atoms with E-state index in [4.69, 9.17) is 4.74 Å². The number of ether oxygens (including phenoxy) is 1. The summed E-state index contributed by atoms with van der Waals surface area (Å²) in [6, 6.07) is 6.30. The molecule has 0 aliphatic carbocycles. The van der Waals surface area contributed by atoms with E-state index in [0.717, 1.165) is 5.69 Å². The smallest absolute Gasteiger partial charge is 0.321 e. The first-order valence-electron chi connectivity index (χ1n) is 6.23. The molecule has 0 aliphatic heterocycles. The zero-order valence-corrected chi connectivity index (χ0v) is 11.3. The third-order valence-electron chi connectivity index (χ3n) is 2.41. The average Bonchev–Trinajstić information content (AvgIpc) is 3.00. The Labute approximate surface area is 120 Å². The Balaban J connectivity index is 1.84. The Morgan fingerprint density at radius 3 is 2.67 bits per heavy atom. The molecule has 0 fully saturated rings. The lowest BCUT2D eigenvalue weighted by atomic mass is 10.3. The summed E-state index contributed by atoms with van der Waals surface area (Å²) in [5.74, 6) is -0.0247. The summed E-state index contributed by atoms with van der Waals surface area (Å²) in [7, 11) is 0. The summed E-state index contributed by atoms with van der Waals surface area (Å²) < 4.78 is 6.76. The lowest BCUT2D eigenvalue weighted by molar-refractivity contribution is -0.122. The molecule has 9 heteroatoms. The standard InChI is InChI=1S/C12H14N6O3/c1-2-13-12(20)15-11(19)7-21-10-5-3-9(4-6-10)18-8-14-16-17-18/h3-6,8H,2,7H2,1H3,(H2,13,15,19,20). The molecular formula is C12H14N6O3. The molecular weight excluding hydrogens is 276 g/mol. The molecule has 0 unspecified atom stereocenters. The molecule has 9 nitrogen and oxygen atoms in total. The Kier molecular flexibility index (Phi) is 4.80. The number of hydrogen-bond donors (Lipinski definition) is 2. The molecule has 110 valence electrons. The number of hydrogen-bond acceptors (Lipinski definition) is 6. The average molecular weight is 290 g/mol. The number of benzene rings is 1. The summed E-state index contributed by atoms with van der Waals surface area (Å²) in [6.07, 6.45) is 1.47. The van der Waals surface area contributed by atoms with E-state index < -0.39 is 11.9 Å². The van der Waals surface area contributed by atoms with Crippen LogP contribution in [0.5, 0.6) is 5.75 Å². The minimum absolute atomic E-state index is 0.249. The number of carbonyl (C=O) groups excluding carboxylic acids is 2. The third-order valence-corrected chi connectivity index (χ3v) is 2.41. The highest BCUT2D eigenvalue weighted by Gasteiger charge is 2.07. The van der Waals surface area contributed by atoms with Gasteiger partial charge in [-0.2, -0.15) is 0 Å². The van der Waals surface area contributed by atoms with Gasteiger partial charge < -0.3 is 10.1 Å². The van der Waals surface area contributed by atoms with Crippen molar-refractivity contribution in [2.75, 3.05) is 13.2 Å².